The maximum Gasteiger partial charge on any atom is 0.573 e. The summed E-state index contributed by atoms with van der Waals surface area (Å²) in [6, 6.07) is 0.0347. The third-order valence-electron chi connectivity index (χ3n) is 1.90. The number of nitrogens with zero attached hydrogens (tertiary/aromatic N) is 1. The second kappa shape index (κ2) is 5.29. The molecule has 20 heavy (non-hydrogen) atoms. The summed E-state index contributed by atoms with van der Waals surface area (Å²) in [4.78, 5) is 2.46. The maximum atomic E-state index is 12.6. The molecule has 0 saturated heterocycles. The minimum absolute atomic E-state index is 0.0347. The highest BCUT2D eigenvalue weighted by Crippen LogP contribution is 2.42. The zero-order valence-corrected chi connectivity index (χ0v) is 9.44. The van der Waals surface area contributed by atoms with Crippen molar-refractivity contribution in [3.63, 3.8) is 0 Å². The molecule has 0 N–H and O–H groups in total. The van der Waals surface area contributed by atoms with Crippen LogP contribution in [0, 0.1) is 0 Å². The molecular formula is C9H5F8NO2. The summed E-state index contributed by atoms with van der Waals surface area (Å²) in [5.41, 5.74) is -3.63. The average molecular weight is 311 g/mol. The number of methoxy groups -OCH3 is 1. The summed E-state index contributed by atoms with van der Waals surface area (Å²) in [6.45, 7) is 0. The number of pyridine rings is 1. The van der Waals surface area contributed by atoms with E-state index < -0.39 is 41.9 Å². The fourth-order valence-electron chi connectivity index (χ4n) is 1.19. The predicted molar refractivity (Wildman–Crippen MR) is 47.4 cm³/mol. The first kappa shape index (κ1) is 16.2. The lowest BCUT2D eigenvalue weighted by atomic mass is 10.2. The topological polar surface area (TPSA) is 31.4 Å². The van der Waals surface area contributed by atoms with Crippen LogP contribution in [0.5, 0.6) is 11.5 Å². The highest BCUT2D eigenvalue weighted by atomic mass is 19.4. The van der Waals surface area contributed by atoms with Crippen molar-refractivity contribution in [2.75, 3.05) is 7.11 Å². The molecule has 0 aliphatic carbocycles. The van der Waals surface area contributed by atoms with Gasteiger partial charge in [-0.15, -0.1) is 13.2 Å². The molecule has 11 heteroatoms. The van der Waals surface area contributed by atoms with E-state index in [4.69, 9.17) is 0 Å². The molecule has 0 saturated carbocycles. The van der Waals surface area contributed by atoms with Gasteiger partial charge in [0.15, 0.2) is 17.2 Å². The molecule has 114 valence electrons. The molecule has 0 atom stereocenters. The van der Waals surface area contributed by atoms with Crippen molar-refractivity contribution in [3.05, 3.63) is 17.5 Å². The van der Waals surface area contributed by atoms with Gasteiger partial charge in [0.1, 0.15) is 5.69 Å². The third-order valence-corrected chi connectivity index (χ3v) is 1.90. The molecule has 0 fully saturated rings. The van der Waals surface area contributed by atoms with E-state index in [1.54, 1.807) is 0 Å². The summed E-state index contributed by atoms with van der Waals surface area (Å²) < 4.78 is 106. The van der Waals surface area contributed by atoms with E-state index in [-0.39, 0.29) is 6.07 Å². The first-order valence-corrected chi connectivity index (χ1v) is 4.65. The molecule has 0 bridgehead atoms. The van der Waals surface area contributed by atoms with E-state index in [2.05, 4.69) is 14.5 Å². The van der Waals surface area contributed by atoms with Crippen LogP contribution in [0.15, 0.2) is 6.07 Å². The van der Waals surface area contributed by atoms with Gasteiger partial charge >= 0.3 is 12.5 Å². The molecule has 3 nitrogen and oxygen atoms in total. The van der Waals surface area contributed by atoms with Gasteiger partial charge in [0.2, 0.25) is 0 Å². The molecule has 1 aromatic rings. The zero-order valence-electron chi connectivity index (χ0n) is 9.44. The van der Waals surface area contributed by atoms with Crippen molar-refractivity contribution in [2.45, 2.75) is 19.0 Å². The largest absolute Gasteiger partial charge is 0.573 e. The Hall–Kier alpha value is -1.81. The number of alkyl halides is 8. The quantitative estimate of drug-likeness (QED) is 0.792. The van der Waals surface area contributed by atoms with Crippen molar-refractivity contribution < 1.29 is 44.6 Å². The van der Waals surface area contributed by atoms with Crippen LogP contribution in [0.2, 0.25) is 0 Å². The van der Waals surface area contributed by atoms with Crippen molar-refractivity contribution in [3.8, 4) is 11.5 Å². The highest BCUT2D eigenvalue weighted by Gasteiger charge is 2.40. The predicted octanol–water partition coefficient (Wildman–Crippen LogP) is 3.95. The highest BCUT2D eigenvalue weighted by molar-refractivity contribution is 5.46. The number of ether oxygens (including phenoxy) is 2. The lowest BCUT2D eigenvalue weighted by Gasteiger charge is -2.17. The van der Waals surface area contributed by atoms with Crippen molar-refractivity contribution in [1.82, 2.24) is 4.98 Å². The lowest BCUT2D eigenvalue weighted by Crippen LogP contribution is -2.20. The Morgan fingerprint density at radius 1 is 1.10 bits per heavy atom. The summed E-state index contributed by atoms with van der Waals surface area (Å²) >= 11 is 0. The number of aromatic nitrogens is 1. The summed E-state index contributed by atoms with van der Waals surface area (Å²) in [6.07, 6.45) is -14.2. The second-order valence-corrected chi connectivity index (χ2v) is 3.27. The van der Waals surface area contributed by atoms with Crippen LogP contribution in [0.25, 0.3) is 0 Å². The molecule has 0 radical (unpaired) electrons. The lowest BCUT2D eigenvalue weighted by molar-refractivity contribution is -0.275. The van der Waals surface area contributed by atoms with Gasteiger partial charge in [-0.2, -0.15) is 13.2 Å². The molecular weight excluding hydrogens is 306 g/mol. The van der Waals surface area contributed by atoms with Gasteiger partial charge in [0, 0.05) is 6.07 Å². The molecule has 1 heterocycles. The Balaban J connectivity index is 3.49. The van der Waals surface area contributed by atoms with E-state index in [1.807, 2.05) is 0 Å². The number of rotatable bonds is 3. The maximum absolute atomic E-state index is 12.6. The van der Waals surface area contributed by atoms with Gasteiger partial charge in [-0.3, -0.25) is 0 Å². The zero-order chi connectivity index (χ0) is 15.7. The van der Waals surface area contributed by atoms with Crippen LogP contribution < -0.4 is 9.47 Å². The SMILES string of the molecule is COc1cc(C(F)(F)F)nc(C(F)F)c1OC(F)(F)F. The van der Waals surface area contributed by atoms with Gasteiger partial charge in [-0.25, -0.2) is 13.8 Å². The Bertz CT molecular complexity index is 482. The second-order valence-electron chi connectivity index (χ2n) is 3.27. The van der Waals surface area contributed by atoms with Crippen LogP contribution in [0.4, 0.5) is 35.1 Å². The normalized spacial score (nSPS) is 12.7. The number of halogens is 8. The first-order valence-electron chi connectivity index (χ1n) is 4.65. The Kier molecular flexibility index (Phi) is 4.30. The molecule has 1 rings (SSSR count). The number of hydrogen-bond donors (Lipinski definition) is 0. The van der Waals surface area contributed by atoms with Gasteiger partial charge in [0.05, 0.1) is 7.11 Å². The van der Waals surface area contributed by atoms with E-state index in [0.29, 0.717) is 7.11 Å². The van der Waals surface area contributed by atoms with Gasteiger partial charge in [0.25, 0.3) is 6.43 Å². The molecule has 0 amide bonds. The van der Waals surface area contributed by atoms with Gasteiger partial charge < -0.3 is 9.47 Å². The van der Waals surface area contributed by atoms with Gasteiger partial charge in [-0.1, -0.05) is 0 Å². The van der Waals surface area contributed by atoms with Crippen LogP contribution >= 0.6 is 0 Å². The third kappa shape index (κ3) is 3.84. The Morgan fingerprint density at radius 3 is 2.00 bits per heavy atom. The monoisotopic (exact) mass is 311 g/mol. The fraction of sp³-hybridized carbons (Fsp3) is 0.444. The first-order chi connectivity index (χ1) is 8.95. The van der Waals surface area contributed by atoms with Crippen molar-refractivity contribution in [2.24, 2.45) is 0 Å². The van der Waals surface area contributed by atoms with Crippen LogP contribution in [-0.4, -0.2) is 18.5 Å². The Morgan fingerprint density at radius 2 is 1.65 bits per heavy atom. The van der Waals surface area contributed by atoms with Crippen molar-refractivity contribution >= 4 is 0 Å². The standard InChI is InChI=1S/C9H5F8NO2/c1-19-3-2-4(8(12,13)14)18-5(7(10)11)6(3)20-9(15,16)17/h2,7H,1H3. The summed E-state index contributed by atoms with van der Waals surface area (Å²) in [5, 5.41) is 0. The summed E-state index contributed by atoms with van der Waals surface area (Å²) in [5.74, 6) is -2.76. The molecule has 0 aliphatic heterocycles. The van der Waals surface area contributed by atoms with Gasteiger partial charge in [-0.05, 0) is 0 Å². The molecule has 0 unspecified atom stereocenters. The molecule has 0 aromatic carbocycles. The molecule has 0 spiro atoms. The smallest absolute Gasteiger partial charge is 0.493 e. The van der Waals surface area contributed by atoms with E-state index in [0.717, 1.165) is 0 Å². The number of hydrogen-bond acceptors (Lipinski definition) is 3. The minimum atomic E-state index is -5.39. The Labute approximate surface area is 106 Å². The minimum Gasteiger partial charge on any atom is -0.493 e. The molecule has 0 aliphatic rings. The van der Waals surface area contributed by atoms with E-state index in [1.165, 1.54) is 0 Å². The van der Waals surface area contributed by atoms with E-state index in [9.17, 15) is 35.1 Å². The van der Waals surface area contributed by atoms with Crippen LogP contribution in [0.3, 0.4) is 0 Å². The van der Waals surface area contributed by atoms with Crippen LogP contribution in [0.1, 0.15) is 17.8 Å². The van der Waals surface area contributed by atoms with E-state index >= 15 is 0 Å². The van der Waals surface area contributed by atoms with Crippen molar-refractivity contribution in [1.29, 1.82) is 0 Å². The fourth-order valence-corrected chi connectivity index (χ4v) is 1.19. The molecule has 1 aromatic heterocycles. The van der Waals surface area contributed by atoms with Crippen LogP contribution in [-0.2, 0) is 6.18 Å². The summed E-state index contributed by atoms with van der Waals surface area (Å²) in [7, 11) is 0.702. The average Bonchev–Trinajstić information content (AvgIpc) is 2.25.